The molecular formula is C30H25N3O7S. The van der Waals surface area contributed by atoms with E-state index >= 15 is 0 Å². The van der Waals surface area contributed by atoms with E-state index in [0.29, 0.717) is 34.9 Å². The zero-order valence-electron chi connectivity index (χ0n) is 22.4. The summed E-state index contributed by atoms with van der Waals surface area (Å²) in [6.07, 6.45) is 2.93. The predicted octanol–water partition coefficient (Wildman–Crippen LogP) is 4.85. The van der Waals surface area contributed by atoms with Gasteiger partial charge in [-0.2, -0.15) is 0 Å². The van der Waals surface area contributed by atoms with E-state index in [4.69, 9.17) is 14.2 Å². The van der Waals surface area contributed by atoms with Gasteiger partial charge in [-0.25, -0.2) is 9.78 Å². The predicted molar refractivity (Wildman–Crippen MR) is 151 cm³/mol. The Kier molecular flexibility index (Phi) is 7.79. The number of nitrogens with zero attached hydrogens (tertiary/aromatic N) is 3. The number of aliphatic hydroxyl groups excluding tert-OH is 1. The van der Waals surface area contributed by atoms with Gasteiger partial charge in [0.1, 0.15) is 17.2 Å². The smallest absolute Gasteiger partial charge is 0.350 e. The third-order valence-corrected chi connectivity index (χ3v) is 7.64. The number of carbonyl (C=O) groups excluding carboxylic acids is 3. The molecule has 2 aromatic carbocycles. The summed E-state index contributed by atoms with van der Waals surface area (Å²) < 4.78 is 16.4. The number of benzene rings is 2. The van der Waals surface area contributed by atoms with Crippen LogP contribution in [0.3, 0.4) is 0 Å². The molecule has 0 saturated carbocycles. The number of methoxy groups -OCH3 is 2. The summed E-state index contributed by atoms with van der Waals surface area (Å²) in [5.41, 5.74) is 1.92. The van der Waals surface area contributed by atoms with Crippen molar-refractivity contribution >= 4 is 39.9 Å². The van der Waals surface area contributed by atoms with Crippen LogP contribution in [0.15, 0.2) is 78.6 Å². The molecule has 11 heteroatoms. The molecule has 3 heterocycles. The van der Waals surface area contributed by atoms with Crippen molar-refractivity contribution in [3.05, 3.63) is 106 Å². The molecule has 1 amide bonds. The van der Waals surface area contributed by atoms with Crippen LogP contribution >= 0.6 is 11.3 Å². The van der Waals surface area contributed by atoms with Crippen LogP contribution in [-0.4, -0.2) is 47.0 Å². The molecule has 4 aromatic rings. The van der Waals surface area contributed by atoms with Crippen LogP contribution in [0.25, 0.3) is 5.76 Å². The molecule has 0 aliphatic carbocycles. The van der Waals surface area contributed by atoms with Crippen LogP contribution in [0.2, 0.25) is 0 Å². The number of aliphatic hydroxyl groups is 1. The number of aryl methyl sites for hydroxylation is 1. The van der Waals surface area contributed by atoms with E-state index in [9.17, 15) is 19.5 Å². The molecule has 2 aromatic heterocycles. The Morgan fingerprint density at radius 1 is 1.02 bits per heavy atom. The molecule has 5 rings (SSSR count). The van der Waals surface area contributed by atoms with E-state index < -0.39 is 23.7 Å². The number of hydrogen-bond donors (Lipinski definition) is 1. The number of aromatic nitrogens is 2. The maximum atomic E-state index is 13.5. The van der Waals surface area contributed by atoms with Gasteiger partial charge in [0, 0.05) is 18.0 Å². The quantitative estimate of drug-likeness (QED) is 0.137. The fourth-order valence-corrected chi connectivity index (χ4v) is 5.50. The second-order valence-electron chi connectivity index (χ2n) is 8.99. The monoisotopic (exact) mass is 571 g/mol. The van der Waals surface area contributed by atoms with Gasteiger partial charge in [-0.3, -0.25) is 19.5 Å². The molecule has 10 nitrogen and oxygen atoms in total. The average Bonchev–Trinajstić information content (AvgIpc) is 3.52. The van der Waals surface area contributed by atoms with Crippen molar-refractivity contribution in [2.75, 3.05) is 19.1 Å². The Balaban J connectivity index is 1.63. The lowest BCUT2D eigenvalue weighted by molar-refractivity contribution is -0.132. The highest BCUT2D eigenvalue weighted by Crippen LogP contribution is 2.45. The van der Waals surface area contributed by atoms with E-state index in [1.54, 1.807) is 25.1 Å². The van der Waals surface area contributed by atoms with E-state index in [1.165, 1.54) is 43.6 Å². The molecule has 1 aliphatic heterocycles. The summed E-state index contributed by atoms with van der Waals surface area (Å²) in [5, 5.41) is 11.4. The van der Waals surface area contributed by atoms with Crippen LogP contribution < -0.4 is 14.4 Å². The second-order valence-corrected chi connectivity index (χ2v) is 9.97. The number of carbonyl (C=O) groups is 3. The van der Waals surface area contributed by atoms with Gasteiger partial charge in [-0.05, 0) is 42.3 Å². The first kappa shape index (κ1) is 27.5. The topological polar surface area (TPSA) is 128 Å². The normalized spacial score (nSPS) is 16.1. The Morgan fingerprint density at radius 3 is 2.44 bits per heavy atom. The maximum absolute atomic E-state index is 13.5. The summed E-state index contributed by atoms with van der Waals surface area (Å²) in [4.78, 5) is 49.0. The van der Waals surface area contributed by atoms with Crippen LogP contribution in [0, 0.1) is 6.92 Å². The molecule has 1 N–H and O–H groups in total. The lowest BCUT2D eigenvalue weighted by atomic mass is 9.95. The fourth-order valence-electron chi connectivity index (χ4n) is 4.49. The highest BCUT2D eigenvalue weighted by molar-refractivity contribution is 7.17. The molecule has 0 radical (unpaired) electrons. The van der Waals surface area contributed by atoms with Crippen molar-refractivity contribution in [3.63, 3.8) is 0 Å². The molecular weight excluding hydrogens is 546 g/mol. The number of esters is 1. The summed E-state index contributed by atoms with van der Waals surface area (Å²) in [6.45, 7) is 1.91. The Labute approximate surface area is 239 Å². The van der Waals surface area contributed by atoms with E-state index in [0.717, 1.165) is 16.9 Å². The van der Waals surface area contributed by atoms with E-state index in [1.807, 2.05) is 30.3 Å². The van der Waals surface area contributed by atoms with Crippen molar-refractivity contribution in [1.29, 1.82) is 0 Å². The minimum Gasteiger partial charge on any atom is -0.507 e. The van der Waals surface area contributed by atoms with Crippen LogP contribution in [0.1, 0.15) is 38.1 Å². The zero-order chi connectivity index (χ0) is 29.1. The third kappa shape index (κ3) is 5.27. The van der Waals surface area contributed by atoms with Crippen molar-refractivity contribution in [2.24, 2.45) is 0 Å². The summed E-state index contributed by atoms with van der Waals surface area (Å²) in [7, 11) is 2.73. The van der Waals surface area contributed by atoms with Crippen molar-refractivity contribution < 1.29 is 33.7 Å². The maximum Gasteiger partial charge on any atom is 0.350 e. The molecule has 1 aliphatic rings. The Hall–Kier alpha value is -5.03. The number of pyridine rings is 1. The molecule has 208 valence electrons. The van der Waals surface area contributed by atoms with Gasteiger partial charge >= 0.3 is 11.9 Å². The molecule has 1 saturated heterocycles. The number of amides is 1. The summed E-state index contributed by atoms with van der Waals surface area (Å²) >= 11 is 0.919. The Morgan fingerprint density at radius 2 is 1.76 bits per heavy atom. The summed E-state index contributed by atoms with van der Waals surface area (Å²) in [5.74, 6) is -1.98. The van der Waals surface area contributed by atoms with Gasteiger partial charge in [-0.1, -0.05) is 47.7 Å². The van der Waals surface area contributed by atoms with Gasteiger partial charge in [0.05, 0.1) is 31.5 Å². The lowest BCUT2D eigenvalue weighted by Crippen LogP contribution is -2.29. The van der Waals surface area contributed by atoms with Crippen LogP contribution in [-0.2, 0) is 20.9 Å². The first-order chi connectivity index (χ1) is 19.8. The highest BCUT2D eigenvalue weighted by atomic mass is 32.1. The average molecular weight is 572 g/mol. The zero-order valence-corrected chi connectivity index (χ0v) is 23.2. The lowest BCUT2D eigenvalue weighted by Gasteiger charge is -2.24. The number of anilines is 1. The molecule has 0 spiro atoms. The number of ether oxygens (including phenoxy) is 3. The first-order valence-electron chi connectivity index (χ1n) is 12.5. The minimum absolute atomic E-state index is 0.104. The van der Waals surface area contributed by atoms with Gasteiger partial charge < -0.3 is 19.3 Å². The van der Waals surface area contributed by atoms with Crippen molar-refractivity contribution in [1.82, 2.24) is 9.97 Å². The van der Waals surface area contributed by atoms with Gasteiger partial charge in [0.2, 0.25) is 0 Å². The van der Waals surface area contributed by atoms with Gasteiger partial charge in [-0.15, -0.1) is 0 Å². The minimum atomic E-state index is -1.09. The Bertz CT molecular complexity index is 1650. The number of Topliss-reactive ketones (excluding diaryl/α,β-unsaturated/α-hetero) is 1. The fraction of sp³-hybridized carbons (Fsp3) is 0.167. The molecule has 41 heavy (non-hydrogen) atoms. The third-order valence-electron chi connectivity index (χ3n) is 6.50. The molecule has 1 atom stereocenters. The second kappa shape index (κ2) is 11.6. The molecule has 1 unspecified atom stereocenters. The van der Waals surface area contributed by atoms with Gasteiger partial charge in [0.15, 0.2) is 16.6 Å². The van der Waals surface area contributed by atoms with Crippen molar-refractivity contribution in [2.45, 2.75) is 19.6 Å². The largest absolute Gasteiger partial charge is 0.507 e. The number of thiazole rings is 1. The SMILES string of the molecule is COC(=O)c1sc(N2C(=O)C(=O)/C(=C(/O)c3ccncc3)C2c2ccc(OCc3ccccc3)c(OC)c2)nc1C. The van der Waals surface area contributed by atoms with Crippen LogP contribution in [0.5, 0.6) is 11.5 Å². The molecule has 0 bridgehead atoms. The number of ketones is 1. The number of rotatable bonds is 8. The highest BCUT2D eigenvalue weighted by Gasteiger charge is 2.48. The molecule has 1 fully saturated rings. The van der Waals surface area contributed by atoms with E-state index in [2.05, 4.69) is 9.97 Å². The van der Waals surface area contributed by atoms with Crippen LogP contribution in [0.4, 0.5) is 5.13 Å². The standard InChI is InChI=1S/C30H25N3O7S/c1-17-27(29(37)39-3)41-30(32-17)33-24(23(26(35)28(33)36)25(34)19-11-13-31-14-12-19)20-9-10-21(22(15-20)38-2)40-16-18-7-5-4-6-8-18/h4-15,24,34H,16H2,1-3H3/b25-23+. The number of hydrogen-bond acceptors (Lipinski definition) is 10. The van der Waals surface area contributed by atoms with Crippen molar-refractivity contribution in [3.8, 4) is 11.5 Å². The first-order valence-corrected chi connectivity index (χ1v) is 13.3. The van der Waals surface area contributed by atoms with E-state index in [-0.39, 0.29) is 21.3 Å². The van der Waals surface area contributed by atoms with Gasteiger partial charge in [0.25, 0.3) is 5.78 Å². The summed E-state index contributed by atoms with van der Waals surface area (Å²) in [6, 6.07) is 16.6.